The second-order valence-corrected chi connectivity index (χ2v) is 4.68. The fraction of sp³-hybridized carbons (Fsp3) is 0.429. The highest BCUT2D eigenvalue weighted by Crippen LogP contribution is 2.28. The number of carbonyl (C=O) groups excluding carboxylic acids is 1. The Hall–Kier alpha value is -2.22. The molecule has 1 atom stereocenters. The van der Waals surface area contributed by atoms with Gasteiger partial charge in [-0.25, -0.2) is 0 Å². The molecule has 1 heterocycles. The second-order valence-electron chi connectivity index (χ2n) is 4.68. The SMILES string of the molecule is CNC(=O)C1CCCN1c1ccc(N)c(CC#N)c1. The van der Waals surface area contributed by atoms with E-state index in [1.807, 2.05) is 12.1 Å². The van der Waals surface area contributed by atoms with E-state index in [4.69, 9.17) is 11.0 Å². The number of nitrogens with zero attached hydrogens (tertiary/aromatic N) is 2. The summed E-state index contributed by atoms with van der Waals surface area (Å²) in [5, 5.41) is 11.5. The highest BCUT2D eigenvalue weighted by molar-refractivity contribution is 5.85. The summed E-state index contributed by atoms with van der Waals surface area (Å²) in [6.07, 6.45) is 2.14. The smallest absolute Gasteiger partial charge is 0.242 e. The van der Waals surface area contributed by atoms with Crippen LogP contribution in [0.4, 0.5) is 11.4 Å². The fourth-order valence-electron chi connectivity index (χ4n) is 2.52. The van der Waals surface area contributed by atoms with Gasteiger partial charge in [0.15, 0.2) is 0 Å². The van der Waals surface area contributed by atoms with Crippen molar-refractivity contribution in [3.05, 3.63) is 23.8 Å². The van der Waals surface area contributed by atoms with Crippen molar-refractivity contribution < 1.29 is 4.79 Å². The average molecular weight is 258 g/mol. The van der Waals surface area contributed by atoms with Crippen molar-refractivity contribution in [3.63, 3.8) is 0 Å². The first-order valence-corrected chi connectivity index (χ1v) is 6.41. The number of nitriles is 1. The normalized spacial score (nSPS) is 18.1. The van der Waals surface area contributed by atoms with Gasteiger partial charge in [0.05, 0.1) is 12.5 Å². The third-order valence-electron chi connectivity index (χ3n) is 3.53. The number of nitrogens with two attached hydrogens (primary N) is 1. The summed E-state index contributed by atoms with van der Waals surface area (Å²) < 4.78 is 0. The molecule has 19 heavy (non-hydrogen) atoms. The zero-order chi connectivity index (χ0) is 13.8. The molecule has 100 valence electrons. The summed E-state index contributed by atoms with van der Waals surface area (Å²) in [7, 11) is 1.66. The van der Waals surface area contributed by atoms with Gasteiger partial charge >= 0.3 is 0 Å². The lowest BCUT2D eigenvalue weighted by molar-refractivity contribution is -0.121. The Kier molecular flexibility index (Phi) is 3.91. The van der Waals surface area contributed by atoms with Crippen molar-refractivity contribution in [2.45, 2.75) is 25.3 Å². The van der Waals surface area contributed by atoms with Crippen molar-refractivity contribution in [2.24, 2.45) is 0 Å². The molecule has 1 fully saturated rings. The Balaban J connectivity index is 2.28. The summed E-state index contributed by atoms with van der Waals surface area (Å²) in [4.78, 5) is 13.9. The molecule has 5 nitrogen and oxygen atoms in total. The van der Waals surface area contributed by atoms with Gasteiger partial charge < -0.3 is 16.0 Å². The van der Waals surface area contributed by atoms with Crippen LogP contribution in [-0.2, 0) is 11.2 Å². The quantitative estimate of drug-likeness (QED) is 0.794. The lowest BCUT2D eigenvalue weighted by Crippen LogP contribution is -2.42. The molecule has 2 rings (SSSR count). The maximum absolute atomic E-state index is 11.8. The molecule has 1 saturated heterocycles. The molecular weight excluding hydrogens is 240 g/mol. The van der Waals surface area contributed by atoms with Crippen LogP contribution in [0.2, 0.25) is 0 Å². The zero-order valence-electron chi connectivity index (χ0n) is 11.0. The van der Waals surface area contributed by atoms with Gasteiger partial charge in [0.1, 0.15) is 6.04 Å². The van der Waals surface area contributed by atoms with Gasteiger partial charge in [-0.15, -0.1) is 0 Å². The van der Waals surface area contributed by atoms with E-state index in [1.54, 1.807) is 13.1 Å². The lowest BCUT2D eigenvalue weighted by Gasteiger charge is -2.26. The molecule has 0 aromatic heterocycles. The van der Waals surface area contributed by atoms with Crippen molar-refractivity contribution in [1.29, 1.82) is 5.26 Å². The van der Waals surface area contributed by atoms with E-state index in [1.165, 1.54) is 0 Å². The van der Waals surface area contributed by atoms with Crippen molar-refractivity contribution in [2.75, 3.05) is 24.2 Å². The number of nitrogen functional groups attached to an aromatic ring is 1. The molecule has 1 aromatic rings. The standard InChI is InChI=1S/C14H18N4O/c1-17-14(19)13-3-2-8-18(13)11-4-5-12(16)10(9-11)6-7-15/h4-5,9,13H,2-3,6,8,16H2,1H3,(H,17,19). The third kappa shape index (κ3) is 2.63. The number of hydrogen-bond donors (Lipinski definition) is 2. The first-order chi connectivity index (χ1) is 9.17. The Bertz CT molecular complexity index is 521. The van der Waals surface area contributed by atoms with Crippen molar-refractivity contribution in [1.82, 2.24) is 5.32 Å². The summed E-state index contributed by atoms with van der Waals surface area (Å²) in [6, 6.07) is 7.63. The van der Waals surface area contributed by atoms with E-state index in [9.17, 15) is 4.79 Å². The highest BCUT2D eigenvalue weighted by Gasteiger charge is 2.30. The van der Waals surface area contributed by atoms with Crippen LogP contribution >= 0.6 is 0 Å². The number of rotatable bonds is 3. The third-order valence-corrected chi connectivity index (χ3v) is 3.53. The maximum atomic E-state index is 11.8. The molecule has 0 saturated carbocycles. The number of hydrogen-bond acceptors (Lipinski definition) is 4. The van der Waals surface area contributed by atoms with E-state index in [0.29, 0.717) is 5.69 Å². The second kappa shape index (κ2) is 5.61. The number of nitrogens with one attached hydrogen (secondary N) is 1. The maximum Gasteiger partial charge on any atom is 0.242 e. The van der Waals surface area contributed by atoms with Crippen LogP contribution in [0.3, 0.4) is 0 Å². The van der Waals surface area contributed by atoms with E-state index in [0.717, 1.165) is 30.6 Å². The Morgan fingerprint density at radius 2 is 2.42 bits per heavy atom. The Labute approximate surface area is 113 Å². The van der Waals surface area contributed by atoms with Crippen molar-refractivity contribution in [3.8, 4) is 6.07 Å². The molecule has 3 N–H and O–H groups in total. The monoisotopic (exact) mass is 258 g/mol. The van der Waals surface area contributed by atoms with Gasteiger partial charge in [-0.3, -0.25) is 4.79 Å². The molecule has 1 aliphatic rings. The first-order valence-electron chi connectivity index (χ1n) is 6.41. The van der Waals surface area contributed by atoms with Gasteiger partial charge in [-0.05, 0) is 36.6 Å². The Morgan fingerprint density at radius 1 is 1.63 bits per heavy atom. The Morgan fingerprint density at radius 3 is 3.11 bits per heavy atom. The van der Waals surface area contributed by atoms with Gasteiger partial charge in [0, 0.05) is 25.0 Å². The van der Waals surface area contributed by atoms with Crippen LogP contribution in [0.1, 0.15) is 18.4 Å². The van der Waals surface area contributed by atoms with Crippen LogP contribution in [0, 0.1) is 11.3 Å². The zero-order valence-corrected chi connectivity index (χ0v) is 11.0. The lowest BCUT2D eigenvalue weighted by atomic mass is 10.1. The molecule has 0 spiro atoms. The summed E-state index contributed by atoms with van der Waals surface area (Å²) in [5.74, 6) is 0.0381. The van der Waals surface area contributed by atoms with Crippen LogP contribution in [0.25, 0.3) is 0 Å². The van der Waals surface area contributed by atoms with Gasteiger partial charge in [-0.2, -0.15) is 5.26 Å². The van der Waals surface area contributed by atoms with Crippen LogP contribution < -0.4 is 16.0 Å². The van der Waals surface area contributed by atoms with Gasteiger partial charge in [0.2, 0.25) is 5.91 Å². The van der Waals surface area contributed by atoms with Gasteiger partial charge in [0.25, 0.3) is 0 Å². The van der Waals surface area contributed by atoms with Crippen LogP contribution in [-0.4, -0.2) is 25.5 Å². The highest BCUT2D eigenvalue weighted by atomic mass is 16.2. The first kappa shape index (κ1) is 13.2. The molecule has 0 radical (unpaired) electrons. The molecular formula is C14H18N4O. The predicted molar refractivity (Wildman–Crippen MR) is 74.6 cm³/mol. The molecule has 1 aliphatic heterocycles. The topological polar surface area (TPSA) is 82.2 Å². The van der Waals surface area contributed by atoms with E-state index < -0.39 is 0 Å². The number of anilines is 2. The molecule has 1 aromatic carbocycles. The minimum absolute atomic E-state index is 0.0381. The molecule has 0 aliphatic carbocycles. The van der Waals surface area contributed by atoms with E-state index in [-0.39, 0.29) is 18.4 Å². The van der Waals surface area contributed by atoms with Gasteiger partial charge in [-0.1, -0.05) is 0 Å². The molecule has 5 heteroatoms. The summed E-state index contributed by atoms with van der Waals surface area (Å²) in [6.45, 7) is 0.855. The predicted octanol–water partition coefficient (Wildman–Crippen LogP) is 1.05. The van der Waals surface area contributed by atoms with Crippen LogP contribution in [0.15, 0.2) is 18.2 Å². The molecule has 0 bridgehead atoms. The minimum Gasteiger partial charge on any atom is -0.398 e. The minimum atomic E-state index is -0.122. The molecule has 1 amide bonds. The van der Waals surface area contributed by atoms with E-state index >= 15 is 0 Å². The van der Waals surface area contributed by atoms with E-state index in [2.05, 4.69) is 16.3 Å². The largest absolute Gasteiger partial charge is 0.398 e. The van der Waals surface area contributed by atoms with Crippen molar-refractivity contribution >= 4 is 17.3 Å². The summed E-state index contributed by atoms with van der Waals surface area (Å²) >= 11 is 0. The van der Waals surface area contributed by atoms with Crippen LogP contribution in [0.5, 0.6) is 0 Å². The summed E-state index contributed by atoms with van der Waals surface area (Å²) in [5.41, 5.74) is 8.26. The number of benzene rings is 1. The number of amides is 1. The number of carbonyl (C=O) groups is 1. The molecule has 1 unspecified atom stereocenters. The number of likely N-dealkylation sites (N-methyl/N-ethyl adjacent to an activating group) is 1. The average Bonchev–Trinajstić information content (AvgIpc) is 2.90. The fourth-order valence-corrected chi connectivity index (χ4v) is 2.52.